The van der Waals surface area contributed by atoms with Gasteiger partial charge in [-0.05, 0) is 18.6 Å². The van der Waals surface area contributed by atoms with Crippen molar-refractivity contribution < 1.29 is 13.5 Å². The Kier molecular flexibility index (Phi) is 7.57. The van der Waals surface area contributed by atoms with Crippen molar-refractivity contribution in [3.8, 4) is 5.75 Å². The molecule has 1 aromatic carbocycles. The number of alkyl halides is 2. The minimum absolute atomic E-state index is 0.0806. The fraction of sp³-hybridized carbons (Fsp3) is 0.385. The second-order valence-electron chi connectivity index (χ2n) is 8.53. The van der Waals surface area contributed by atoms with Gasteiger partial charge in [0.05, 0.1) is 18.1 Å². The van der Waals surface area contributed by atoms with Crippen molar-refractivity contribution in [1.29, 1.82) is 0 Å². The van der Waals surface area contributed by atoms with Crippen LogP contribution in [0.2, 0.25) is 0 Å². The number of likely N-dealkylation sites (tertiary alicyclic amines) is 1. The van der Waals surface area contributed by atoms with E-state index in [0.29, 0.717) is 45.1 Å². The molecule has 0 aliphatic carbocycles. The number of nitrogens with zero attached hydrogens (tertiary/aromatic N) is 4. The molecule has 1 fully saturated rings. The van der Waals surface area contributed by atoms with E-state index in [9.17, 15) is 13.6 Å². The van der Waals surface area contributed by atoms with Gasteiger partial charge in [0.2, 0.25) is 0 Å². The van der Waals surface area contributed by atoms with Crippen LogP contribution in [0, 0.1) is 0 Å². The van der Waals surface area contributed by atoms with Crippen molar-refractivity contribution in [2.75, 3.05) is 19.6 Å². The van der Waals surface area contributed by atoms with Gasteiger partial charge in [0, 0.05) is 56.5 Å². The van der Waals surface area contributed by atoms with E-state index in [4.69, 9.17) is 4.74 Å². The molecule has 0 spiro atoms. The molecule has 1 aliphatic rings. The third-order valence-corrected chi connectivity index (χ3v) is 6.12. The highest BCUT2D eigenvalue weighted by atomic mass is 19.3. The maximum absolute atomic E-state index is 13.4. The molecule has 34 heavy (non-hydrogen) atoms. The molecule has 4 rings (SSSR count). The van der Waals surface area contributed by atoms with Gasteiger partial charge in [0.25, 0.3) is 11.5 Å². The van der Waals surface area contributed by atoms with E-state index in [0.717, 1.165) is 16.1 Å². The van der Waals surface area contributed by atoms with Crippen LogP contribution in [-0.4, -0.2) is 44.8 Å². The summed E-state index contributed by atoms with van der Waals surface area (Å²) in [5.41, 5.74) is 0.900. The molecule has 0 N–H and O–H groups in total. The second-order valence-corrected chi connectivity index (χ2v) is 8.53. The summed E-state index contributed by atoms with van der Waals surface area (Å²) in [5, 5.41) is 6.36. The third-order valence-electron chi connectivity index (χ3n) is 6.12. The number of pyridine rings is 1. The van der Waals surface area contributed by atoms with Gasteiger partial charge >= 0.3 is 0 Å². The monoisotopic (exact) mass is 468 g/mol. The van der Waals surface area contributed by atoms with Crippen molar-refractivity contribution in [3.63, 3.8) is 0 Å². The summed E-state index contributed by atoms with van der Waals surface area (Å²) in [6.07, 6.45) is 7.29. The molecule has 0 radical (unpaired) electrons. The maximum Gasteiger partial charge on any atom is 0.254 e. The molecule has 2 aromatic heterocycles. The van der Waals surface area contributed by atoms with Gasteiger partial charge in [-0.3, -0.25) is 9.48 Å². The van der Waals surface area contributed by atoms with Gasteiger partial charge in [0.1, 0.15) is 12.4 Å². The summed E-state index contributed by atoms with van der Waals surface area (Å²) in [7, 11) is 0. The lowest BCUT2D eigenvalue weighted by molar-refractivity contribution is -0.0555. The quantitative estimate of drug-likeness (QED) is 0.510. The molecule has 0 unspecified atom stereocenters. The van der Waals surface area contributed by atoms with Crippen LogP contribution in [0.4, 0.5) is 8.78 Å². The highest BCUT2D eigenvalue weighted by Gasteiger charge is 2.33. The van der Waals surface area contributed by atoms with Crippen LogP contribution in [-0.2, 0) is 19.7 Å². The molecule has 180 valence electrons. The van der Waals surface area contributed by atoms with E-state index >= 15 is 0 Å². The first kappa shape index (κ1) is 23.9. The smallest absolute Gasteiger partial charge is 0.254 e. The van der Waals surface area contributed by atoms with Crippen molar-refractivity contribution >= 4 is 12.2 Å². The number of hydrogen-bond donors (Lipinski definition) is 0. The molecule has 0 atom stereocenters. The molecule has 0 bridgehead atoms. The number of rotatable bonds is 8. The minimum Gasteiger partial charge on any atom is -0.489 e. The fourth-order valence-corrected chi connectivity index (χ4v) is 4.07. The van der Waals surface area contributed by atoms with E-state index in [1.807, 2.05) is 54.1 Å². The Hall–Kier alpha value is -3.26. The summed E-state index contributed by atoms with van der Waals surface area (Å²) in [4.78, 5) is 14.6. The van der Waals surface area contributed by atoms with E-state index in [2.05, 4.69) is 10.00 Å². The van der Waals surface area contributed by atoms with Gasteiger partial charge in [-0.15, -0.1) is 0 Å². The number of ether oxygens (including phenoxy) is 1. The van der Waals surface area contributed by atoms with Gasteiger partial charge in [-0.25, -0.2) is 8.78 Å². The Morgan fingerprint density at radius 2 is 1.88 bits per heavy atom. The predicted molar refractivity (Wildman–Crippen MR) is 128 cm³/mol. The predicted octanol–water partition coefficient (Wildman–Crippen LogP) is 2.64. The Morgan fingerprint density at radius 1 is 1.12 bits per heavy atom. The number of benzene rings is 1. The van der Waals surface area contributed by atoms with Crippen LogP contribution in [0.1, 0.15) is 25.3 Å². The number of halogens is 2. The minimum atomic E-state index is -2.53. The zero-order chi connectivity index (χ0) is 24.0. The van der Waals surface area contributed by atoms with E-state index < -0.39 is 5.92 Å². The van der Waals surface area contributed by atoms with Gasteiger partial charge in [-0.2, -0.15) is 5.10 Å². The zero-order valence-corrected chi connectivity index (χ0v) is 19.4. The molecule has 6 nitrogen and oxygen atoms in total. The van der Waals surface area contributed by atoms with Crippen LogP contribution >= 0.6 is 0 Å². The van der Waals surface area contributed by atoms with E-state index in [1.165, 1.54) is 6.07 Å². The SMILES string of the molecule is C/C=c1\c(=C/Cn2ccc(OCc3ccccc3)cc2=O)cnn1CCN1CCC(F)(F)CC1. The zero-order valence-electron chi connectivity index (χ0n) is 19.4. The molecule has 0 amide bonds. The van der Waals surface area contributed by atoms with Crippen molar-refractivity contribution in [3.05, 3.63) is 81.3 Å². The van der Waals surface area contributed by atoms with Crippen LogP contribution in [0.3, 0.4) is 0 Å². The highest BCUT2D eigenvalue weighted by molar-refractivity contribution is 5.27. The summed E-state index contributed by atoms with van der Waals surface area (Å²) in [6.45, 7) is 4.89. The molecule has 0 saturated carbocycles. The Bertz CT molecular complexity index is 1260. The summed E-state index contributed by atoms with van der Waals surface area (Å²) in [6, 6.07) is 13.1. The van der Waals surface area contributed by atoms with E-state index in [-0.39, 0.29) is 18.4 Å². The average Bonchev–Trinajstić information content (AvgIpc) is 3.24. The normalized spacial score (nSPS) is 17.3. The number of aromatic nitrogens is 3. The second kappa shape index (κ2) is 10.8. The first-order valence-corrected chi connectivity index (χ1v) is 11.6. The van der Waals surface area contributed by atoms with Crippen molar-refractivity contribution in [2.24, 2.45) is 0 Å². The number of piperidine rings is 1. The summed E-state index contributed by atoms with van der Waals surface area (Å²) >= 11 is 0. The lowest BCUT2D eigenvalue weighted by Gasteiger charge is -2.31. The lowest BCUT2D eigenvalue weighted by Crippen LogP contribution is -2.42. The van der Waals surface area contributed by atoms with Crippen LogP contribution < -0.4 is 20.9 Å². The van der Waals surface area contributed by atoms with Gasteiger partial charge < -0.3 is 14.2 Å². The Labute approximate surface area is 197 Å². The summed E-state index contributed by atoms with van der Waals surface area (Å²) < 4.78 is 36.0. The van der Waals surface area contributed by atoms with Gasteiger partial charge in [-0.1, -0.05) is 42.5 Å². The first-order valence-electron chi connectivity index (χ1n) is 11.6. The molecule has 3 heterocycles. The molecule has 1 aliphatic heterocycles. The number of hydrogen-bond acceptors (Lipinski definition) is 4. The van der Waals surface area contributed by atoms with E-state index in [1.54, 1.807) is 23.0 Å². The molecule has 3 aromatic rings. The van der Waals surface area contributed by atoms with Crippen LogP contribution in [0.5, 0.6) is 5.75 Å². The fourth-order valence-electron chi connectivity index (χ4n) is 4.07. The standard InChI is InChI=1S/C26H30F2N4O2/c1-2-24-22(19-29-32(24)17-16-30-14-10-26(27,28)11-15-30)8-12-31-13-9-23(18-25(31)33)34-20-21-6-4-3-5-7-21/h2-9,13,18-19H,10-12,14-17,20H2,1H3/b22-8-,24-2+. The molecular weight excluding hydrogens is 438 g/mol. The molecule has 1 saturated heterocycles. The summed E-state index contributed by atoms with van der Waals surface area (Å²) in [5.74, 6) is -1.99. The molecular formula is C26H30F2N4O2. The lowest BCUT2D eigenvalue weighted by atomic mass is 10.1. The van der Waals surface area contributed by atoms with Crippen LogP contribution in [0.25, 0.3) is 12.2 Å². The Morgan fingerprint density at radius 3 is 2.59 bits per heavy atom. The van der Waals surface area contributed by atoms with Crippen LogP contribution in [0.15, 0.2) is 59.7 Å². The third kappa shape index (κ3) is 6.20. The first-order chi connectivity index (χ1) is 16.4. The topological polar surface area (TPSA) is 52.3 Å². The van der Waals surface area contributed by atoms with Crippen molar-refractivity contribution in [1.82, 2.24) is 19.2 Å². The molecule has 8 heteroatoms. The highest BCUT2D eigenvalue weighted by Crippen LogP contribution is 2.27. The Balaban J connectivity index is 1.38. The average molecular weight is 469 g/mol. The van der Waals surface area contributed by atoms with Crippen molar-refractivity contribution in [2.45, 2.75) is 45.4 Å². The largest absolute Gasteiger partial charge is 0.489 e. The van der Waals surface area contributed by atoms with Gasteiger partial charge in [0.15, 0.2) is 0 Å². The maximum atomic E-state index is 13.4.